The Morgan fingerprint density at radius 1 is 0.939 bits per heavy atom. The average Bonchev–Trinajstić information content (AvgIpc) is 3.25. The van der Waals surface area contributed by atoms with Gasteiger partial charge in [-0.25, -0.2) is 4.79 Å². The van der Waals surface area contributed by atoms with E-state index in [9.17, 15) is 31.1 Å². The lowest BCUT2D eigenvalue weighted by Gasteiger charge is -2.35. The number of anilines is 1. The predicted octanol–water partition coefficient (Wildman–Crippen LogP) is 5.16. The van der Waals surface area contributed by atoms with Crippen molar-refractivity contribution >= 4 is 11.8 Å². The SMILES string of the molecule is CC(C)c1cc(N2CCCC2)ccc1CN1CCN(C(=O)OC(C(F)(F)F)C(F)(F)F)CC1. The Bertz CT molecular complexity index is 799. The highest BCUT2D eigenvalue weighted by Crippen LogP contribution is 2.36. The lowest BCUT2D eigenvalue weighted by atomic mass is 9.95. The standard InChI is InChI=1S/C22H29F6N3O2/c1-15(2)18-13-17(30-7-3-4-8-30)6-5-16(18)14-29-9-11-31(12-10-29)20(32)33-19(21(23,24)25)22(26,27)28/h5-6,13,15,19H,3-4,7-12,14H2,1-2H3. The first-order chi connectivity index (χ1) is 15.4. The van der Waals surface area contributed by atoms with Gasteiger partial charge >= 0.3 is 18.4 Å². The van der Waals surface area contributed by atoms with Crippen molar-refractivity contribution in [3.8, 4) is 0 Å². The number of piperazine rings is 1. The molecule has 186 valence electrons. The van der Waals surface area contributed by atoms with Gasteiger partial charge < -0.3 is 14.5 Å². The normalized spacial score (nSPS) is 18.5. The highest BCUT2D eigenvalue weighted by molar-refractivity contribution is 5.68. The highest BCUT2D eigenvalue weighted by atomic mass is 19.4. The molecule has 2 fully saturated rings. The molecule has 0 radical (unpaired) electrons. The van der Waals surface area contributed by atoms with E-state index in [-0.39, 0.29) is 13.1 Å². The summed E-state index contributed by atoms with van der Waals surface area (Å²) in [6.07, 6.45) is -14.8. The summed E-state index contributed by atoms with van der Waals surface area (Å²) < 4.78 is 79.7. The number of benzene rings is 1. The number of carbonyl (C=O) groups is 1. The Kier molecular flexibility index (Phi) is 7.70. The average molecular weight is 481 g/mol. The summed E-state index contributed by atoms with van der Waals surface area (Å²) in [5.74, 6) is 0.292. The van der Waals surface area contributed by atoms with E-state index in [1.54, 1.807) is 0 Å². The predicted molar refractivity (Wildman–Crippen MR) is 111 cm³/mol. The van der Waals surface area contributed by atoms with Crippen molar-refractivity contribution in [2.75, 3.05) is 44.2 Å². The van der Waals surface area contributed by atoms with E-state index in [1.807, 2.05) is 4.90 Å². The van der Waals surface area contributed by atoms with Crippen molar-refractivity contribution in [3.63, 3.8) is 0 Å². The zero-order valence-electron chi connectivity index (χ0n) is 18.7. The van der Waals surface area contributed by atoms with Crippen molar-refractivity contribution < 1.29 is 35.9 Å². The van der Waals surface area contributed by atoms with Gasteiger partial charge in [0.1, 0.15) is 0 Å². The minimum absolute atomic E-state index is 0.00978. The van der Waals surface area contributed by atoms with Gasteiger partial charge in [0.25, 0.3) is 6.10 Å². The number of hydrogen-bond donors (Lipinski definition) is 0. The third-order valence-electron chi connectivity index (χ3n) is 6.06. The number of nitrogens with zero attached hydrogens (tertiary/aromatic N) is 3. The van der Waals surface area contributed by atoms with Crippen LogP contribution in [0.2, 0.25) is 0 Å². The molecule has 0 aliphatic carbocycles. The van der Waals surface area contributed by atoms with Crippen LogP contribution in [-0.4, -0.2) is 73.6 Å². The summed E-state index contributed by atoms with van der Waals surface area (Å²) in [5, 5.41) is 0. The zero-order valence-corrected chi connectivity index (χ0v) is 18.7. The van der Waals surface area contributed by atoms with E-state index in [4.69, 9.17) is 0 Å². The number of alkyl halides is 6. The van der Waals surface area contributed by atoms with E-state index in [1.165, 1.54) is 24.1 Å². The minimum atomic E-state index is -5.72. The van der Waals surface area contributed by atoms with Crippen LogP contribution in [0.1, 0.15) is 43.7 Å². The summed E-state index contributed by atoms with van der Waals surface area (Å²) >= 11 is 0. The van der Waals surface area contributed by atoms with E-state index >= 15 is 0 Å². The minimum Gasteiger partial charge on any atom is -0.426 e. The number of amides is 1. The van der Waals surface area contributed by atoms with Crippen molar-refractivity contribution in [1.29, 1.82) is 0 Å². The first kappa shape index (κ1) is 25.5. The fourth-order valence-electron chi connectivity index (χ4n) is 4.26. The monoisotopic (exact) mass is 481 g/mol. The maximum absolute atomic E-state index is 12.7. The number of rotatable bonds is 5. The summed E-state index contributed by atoms with van der Waals surface area (Å²) in [4.78, 5) is 17.2. The topological polar surface area (TPSA) is 36.0 Å². The first-order valence-electron chi connectivity index (χ1n) is 11.1. The van der Waals surface area contributed by atoms with Gasteiger partial charge in [-0.3, -0.25) is 4.90 Å². The Balaban J connectivity index is 1.59. The molecule has 2 aliphatic rings. The summed E-state index contributed by atoms with van der Waals surface area (Å²) in [6, 6.07) is 6.38. The van der Waals surface area contributed by atoms with E-state index in [0.29, 0.717) is 25.6 Å². The fourth-order valence-corrected chi connectivity index (χ4v) is 4.26. The van der Waals surface area contributed by atoms with Gasteiger partial charge in [-0.05, 0) is 42.0 Å². The molecule has 1 aromatic carbocycles. The van der Waals surface area contributed by atoms with Crippen LogP contribution in [0.15, 0.2) is 18.2 Å². The molecule has 33 heavy (non-hydrogen) atoms. The van der Waals surface area contributed by atoms with Gasteiger partial charge in [-0.1, -0.05) is 19.9 Å². The van der Waals surface area contributed by atoms with Gasteiger partial charge in [0, 0.05) is 51.5 Å². The lowest BCUT2D eigenvalue weighted by molar-refractivity contribution is -0.308. The van der Waals surface area contributed by atoms with Gasteiger partial charge in [0.15, 0.2) is 0 Å². The Morgan fingerprint density at radius 3 is 2.03 bits per heavy atom. The maximum Gasteiger partial charge on any atom is 0.434 e. The fraction of sp³-hybridized carbons (Fsp3) is 0.682. The van der Waals surface area contributed by atoms with E-state index in [2.05, 4.69) is 41.7 Å². The first-order valence-corrected chi connectivity index (χ1v) is 11.1. The van der Waals surface area contributed by atoms with Crippen LogP contribution < -0.4 is 4.90 Å². The van der Waals surface area contributed by atoms with Crippen LogP contribution in [0.3, 0.4) is 0 Å². The summed E-state index contributed by atoms with van der Waals surface area (Å²) in [7, 11) is 0. The smallest absolute Gasteiger partial charge is 0.426 e. The maximum atomic E-state index is 12.7. The van der Waals surface area contributed by atoms with Crippen molar-refractivity contribution in [2.45, 2.75) is 57.6 Å². The van der Waals surface area contributed by atoms with Gasteiger partial charge in [-0.2, -0.15) is 26.3 Å². The number of ether oxygens (including phenoxy) is 1. The van der Waals surface area contributed by atoms with Crippen LogP contribution in [0, 0.1) is 0 Å². The van der Waals surface area contributed by atoms with Crippen LogP contribution >= 0.6 is 0 Å². The van der Waals surface area contributed by atoms with Crippen LogP contribution in [-0.2, 0) is 11.3 Å². The van der Waals surface area contributed by atoms with Crippen molar-refractivity contribution in [3.05, 3.63) is 29.3 Å². The molecule has 0 N–H and O–H groups in total. The van der Waals surface area contributed by atoms with Crippen LogP contribution in [0.25, 0.3) is 0 Å². The molecule has 2 heterocycles. The second-order valence-electron chi connectivity index (χ2n) is 8.84. The molecule has 1 amide bonds. The quantitative estimate of drug-likeness (QED) is 0.545. The van der Waals surface area contributed by atoms with Crippen molar-refractivity contribution in [2.24, 2.45) is 0 Å². The molecule has 5 nitrogen and oxygen atoms in total. The largest absolute Gasteiger partial charge is 0.434 e. The molecule has 1 aromatic rings. The van der Waals surface area contributed by atoms with Crippen LogP contribution in [0.4, 0.5) is 36.8 Å². The molecule has 2 aliphatic heterocycles. The third-order valence-corrected chi connectivity index (χ3v) is 6.06. The molecule has 3 rings (SSSR count). The summed E-state index contributed by atoms with van der Waals surface area (Å²) in [5.41, 5.74) is 3.52. The molecule has 0 unspecified atom stereocenters. The lowest BCUT2D eigenvalue weighted by Crippen LogP contribution is -2.52. The molecule has 0 saturated carbocycles. The molecule has 0 aromatic heterocycles. The number of hydrogen-bond acceptors (Lipinski definition) is 4. The van der Waals surface area contributed by atoms with E-state index < -0.39 is 24.5 Å². The Hall–Kier alpha value is -2.17. The van der Waals surface area contributed by atoms with Crippen molar-refractivity contribution in [1.82, 2.24) is 9.80 Å². The Morgan fingerprint density at radius 2 is 1.52 bits per heavy atom. The van der Waals surface area contributed by atoms with Gasteiger partial charge in [-0.15, -0.1) is 0 Å². The molecule has 2 saturated heterocycles. The molecule has 0 atom stereocenters. The van der Waals surface area contributed by atoms with Gasteiger partial charge in [0.05, 0.1) is 0 Å². The second-order valence-corrected chi connectivity index (χ2v) is 8.84. The molecule has 11 heteroatoms. The molecular weight excluding hydrogens is 452 g/mol. The van der Waals surface area contributed by atoms with E-state index in [0.717, 1.165) is 23.6 Å². The third kappa shape index (κ3) is 6.45. The highest BCUT2D eigenvalue weighted by Gasteiger charge is 2.60. The molecule has 0 spiro atoms. The number of carbonyl (C=O) groups excluding carboxylic acids is 1. The second kappa shape index (κ2) is 9.99. The zero-order chi connectivity index (χ0) is 24.4. The molecule has 0 bridgehead atoms. The number of halogens is 6. The van der Waals surface area contributed by atoms with Gasteiger partial charge in [0.2, 0.25) is 0 Å². The van der Waals surface area contributed by atoms with Crippen LogP contribution in [0.5, 0.6) is 0 Å². The summed E-state index contributed by atoms with van der Waals surface area (Å²) in [6.45, 7) is 7.51. The Labute approximate surface area is 189 Å². The molecular formula is C22H29F6N3O2.